The smallest absolute Gasteiger partial charge is 0.0184 e. The van der Waals surface area contributed by atoms with Crippen LogP contribution < -0.4 is 0 Å². The van der Waals surface area contributed by atoms with Gasteiger partial charge in [-0.1, -0.05) is 44.2 Å². The minimum atomic E-state index is 1.75. The molecule has 8 heavy (non-hydrogen) atoms. The van der Waals surface area contributed by atoms with Crippen molar-refractivity contribution in [2.24, 2.45) is 0 Å². The maximum Gasteiger partial charge on any atom is -0.0184 e. The van der Waals surface area contributed by atoms with Gasteiger partial charge in [0.2, 0.25) is 0 Å². The lowest BCUT2D eigenvalue weighted by Crippen LogP contribution is -1.49. The zero-order valence-electron chi connectivity index (χ0n) is 5.09. The van der Waals surface area contributed by atoms with Gasteiger partial charge in [-0.05, 0) is 6.07 Å². The van der Waals surface area contributed by atoms with Crippen molar-refractivity contribution in [3.05, 3.63) is 43.3 Å². The van der Waals surface area contributed by atoms with E-state index in [2.05, 4.69) is 13.0 Å². The molecule has 0 heterocycles. The molecule has 0 heteroatoms. The third-order valence-corrected chi connectivity index (χ3v) is 0.607. The van der Waals surface area contributed by atoms with Crippen molar-refractivity contribution in [3.63, 3.8) is 0 Å². The van der Waals surface area contributed by atoms with Gasteiger partial charge in [0.1, 0.15) is 0 Å². The van der Waals surface area contributed by atoms with Crippen LogP contribution in [-0.2, 0) is 0 Å². The zero-order chi connectivity index (χ0) is 6.24. The van der Waals surface area contributed by atoms with E-state index in [0.717, 1.165) is 0 Å². The Bertz CT molecular complexity index is 72.0. The van der Waals surface area contributed by atoms with Crippen LogP contribution in [0.25, 0.3) is 0 Å². The van der Waals surface area contributed by atoms with E-state index < -0.39 is 0 Å². The molecule has 0 atom stereocenters. The molecule has 0 amide bonds. The summed E-state index contributed by atoms with van der Waals surface area (Å²) in [6.07, 6.45) is 0. The molecule has 0 fully saturated rings. The van der Waals surface area contributed by atoms with Gasteiger partial charge in [0, 0.05) is 0 Å². The average molecular weight is 106 g/mol. The molecule has 0 spiro atoms. The lowest BCUT2D eigenvalue weighted by atomic mass is 10.4. The first-order chi connectivity index (χ1) is 4.00. The summed E-state index contributed by atoms with van der Waals surface area (Å²) < 4.78 is 0. The molecule has 0 saturated heterocycles. The van der Waals surface area contributed by atoms with Crippen LogP contribution in [0, 0.1) is 13.0 Å². The molecule has 0 aliphatic rings. The van der Waals surface area contributed by atoms with E-state index in [9.17, 15) is 0 Å². The predicted molar refractivity (Wildman–Crippen MR) is 36.3 cm³/mol. The van der Waals surface area contributed by atoms with Crippen LogP contribution in [0.15, 0.2) is 30.3 Å². The number of rotatable bonds is 0. The molecular formula is C8H10. The fourth-order valence-corrected chi connectivity index (χ4v) is 0.342. The predicted octanol–water partition coefficient (Wildman–Crippen LogP) is 2.33. The summed E-state index contributed by atoms with van der Waals surface area (Å²) in [7, 11) is 0. The van der Waals surface area contributed by atoms with Gasteiger partial charge in [0.25, 0.3) is 0 Å². The Morgan fingerprint density at radius 1 is 1.00 bits per heavy atom. The van der Waals surface area contributed by atoms with Crippen LogP contribution >= 0.6 is 0 Å². The van der Waals surface area contributed by atoms with Crippen LogP contribution in [0.4, 0.5) is 0 Å². The van der Waals surface area contributed by atoms with Crippen molar-refractivity contribution < 1.29 is 0 Å². The van der Waals surface area contributed by atoms with Gasteiger partial charge in [-0.25, -0.2) is 0 Å². The molecule has 0 aliphatic heterocycles. The van der Waals surface area contributed by atoms with E-state index >= 15 is 0 Å². The van der Waals surface area contributed by atoms with Gasteiger partial charge in [0.15, 0.2) is 0 Å². The molecule has 0 N–H and O–H groups in total. The second kappa shape index (κ2) is 6.22. The Hall–Kier alpha value is -0.780. The standard InChI is InChI=1S/C6H5.C2H5/c1-2-4-6-5-3-1;1-2/h1-5H;1H2,2H3. The first kappa shape index (κ1) is 7.22. The van der Waals surface area contributed by atoms with Gasteiger partial charge in [-0.15, -0.1) is 0 Å². The summed E-state index contributed by atoms with van der Waals surface area (Å²) >= 11 is 0. The van der Waals surface area contributed by atoms with E-state index in [1.54, 1.807) is 6.92 Å². The van der Waals surface area contributed by atoms with Crippen molar-refractivity contribution in [2.45, 2.75) is 6.92 Å². The van der Waals surface area contributed by atoms with Crippen LogP contribution in [0.5, 0.6) is 0 Å². The molecule has 0 unspecified atom stereocenters. The highest BCUT2D eigenvalue weighted by Crippen LogP contribution is 1.78. The third-order valence-electron chi connectivity index (χ3n) is 0.607. The highest BCUT2D eigenvalue weighted by Gasteiger charge is 1.58. The summed E-state index contributed by atoms with van der Waals surface area (Å²) in [4.78, 5) is 0. The molecule has 42 valence electrons. The first-order valence-corrected chi connectivity index (χ1v) is 2.62. The van der Waals surface area contributed by atoms with Crippen LogP contribution in [0.3, 0.4) is 0 Å². The minimum Gasteiger partial charge on any atom is -0.0654 e. The third kappa shape index (κ3) is 3.41. The highest BCUT2D eigenvalue weighted by atomic mass is 13.6. The van der Waals surface area contributed by atoms with Crippen molar-refractivity contribution >= 4 is 0 Å². The Kier molecular flexibility index (Phi) is 5.61. The van der Waals surface area contributed by atoms with E-state index in [4.69, 9.17) is 0 Å². The van der Waals surface area contributed by atoms with Gasteiger partial charge < -0.3 is 0 Å². The van der Waals surface area contributed by atoms with E-state index in [-0.39, 0.29) is 0 Å². The summed E-state index contributed by atoms with van der Waals surface area (Å²) in [6, 6.07) is 12.5. The van der Waals surface area contributed by atoms with Gasteiger partial charge >= 0.3 is 0 Å². The molecule has 1 rings (SSSR count). The van der Waals surface area contributed by atoms with Crippen molar-refractivity contribution in [1.29, 1.82) is 0 Å². The second-order valence-corrected chi connectivity index (χ2v) is 1.08. The molecule has 0 aliphatic carbocycles. The maximum atomic E-state index is 3.25. The Morgan fingerprint density at radius 2 is 1.50 bits per heavy atom. The number of hydrogen-bond acceptors (Lipinski definition) is 0. The van der Waals surface area contributed by atoms with E-state index in [1.165, 1.54) is 0 Å². The minimum absolute atomic E-state index is 1.75. The molecule has 0 nitrogen and oxygen atoms in total. The van der Waals surface area contributed by atoms with Crippen molar-refractivity contribution in [2.75, 3.05) is 0 Å². The van der Waals surface area contributed by atoms with Crippen molar-refractivity contribution in [3.8, 4) is 0 Å². The van der Waals surface area contributed by atoms with E-state index in [1.807, 2.05) is 30.3 Å². The average Bonchev–Trinajstić information content (AvgIpc) is 1.96. The van der Waals surface area contributed by atoms with Crippen LogP contribution in [-0.4, -0.2) is 0 Å². The first-order valence-electron chi connectivity index (χ1n) is 2.62. The SMILES string of the molecule is [CH2]C.[c]1ccccc1. The Morgan fingerprint density at radius 3 is 1.62 bits per heavy atom. The van der Waals surface area contributed by atoms with Crippen molar-refractivity contribution in [1.82, 2.24) is 0 Å². The zero-order valence-corrected chi connectivity index (χ0v) is 5.09. The van der Waals surface area contributed by atoms with Gasteiger partial charge in [-0.2, -0.15) is 0 Å². The molecule has 2 radical (unpaired) electrons. The number of hydrogen-bond donors (Lipinski definition) is 0. The summed E-state index contributed by atoms with van der Waals surface area (Å²) in [5, 5.41) is 0. The van der Waals surface area contributed by atoms with Gasteiger partial charge in [0.05, 0.1) is 0 Å². The Balaban J connectivity index is 0.000000222. The van der Waals surface area contributed by atoms with E-state index in [0.29, 0.717) is 0 Å². The Labute approximate surface area is 51.2 Å². The largest absolute Gasteiger partial charge is 0.0654 e. The fourth-order valence-electron chi connectivity index (χ4n) is 0.342. The maximum absolute atomic E-state index is 3.25. The summed E-state index contributed by atoms with van der Waals surface area (Å²) in [6.45, 7) is 5.00. The topological polar surface area (TPSA) is 0 Å². The van der Waals surface area contributed by atoms with Crippen LogP contribution in [0.2, 0.25) is 0 Å². The normalized spacial score (nSPS) is 6.75. The molecular weight excluding hydrogens is 96.1 g/mol. The molecule has 0 bridgehead atoms. The highest BCUT2D eigenvalue weighted by molar-refractivity contribution is 4.97. The molecule has 1 aromatic rings. The fraction of sp³-hybridized carbons (Fsp3) is 0.125. The lowest BCUT2D eigenvalue weighted by molar-refractivity contribution is 1.70. The quantitative estimate of drug-likeness (QED) is 0.476. The van der Waals surface area contributed by atoms with Crippen LogP contribution in [0.1, 0.15) is 6.92 Å². The number of benzene rings is 1. The molecule has 0 saturated carbocycles. The second-order valence-electron chi connectivity index (χ2n) is 1.08. The molecule has 0 aromatic heterocycles. The summed E-state index contributed by atoms with van der Waals surface area (Å²) in [5.41, 5.74) is 0. The van der Waals surface area contributed by atoms with Gasteiger partial charge in [-0.3, -0.25) is 0 Å². The molecule has 1 aromatic carbocycles. The summed E-state index contributed by atoms with van der Waals surface area (Å²) in [5.74, 6) is 0. The monoisotopic (exact) mass is 106 g/mol. The lowest BCUT2D eigenvalue weighted by Gasteiger charge is -1.68.